The van der Waals surface area contributed by atoms with Crippen LogP contribution in [-0.2, 0) is 10.0 Å². The molecule has 0 atom stereocenters. The summed E-state index contributed by atoms with van der Waals surface area (Å²) in [4.78, 5) is 21.8. The van der Waals surface area contributed by atoms with Crippen molar-refractivity contribution in [2.24, 2.45) is 0 Å². The number of aromatic nitrogens is 2. The maximum atomic E-state index is 13.3. The molecule has 0 spiro atoms. The summed E-state index contributed by atoms with van der Waals surface area (Å²) in [5.41, 5.74) is 10.9. The van der Waals surface area contributed by atoms with Gasteiger partial charge in [-0.15, -0.1) is 0 Å². The molecule has 38 heavy (non-hydrogen) atoms. The van der Waals surface area contributed by atoms with Crippen molar-refractivity contribution in [2.45, 2.75) is 45.6 Å². The quantitative estimate of drug-likeness (QED) is 0.315. The van der Waals surface area contributed by atoms with E-state index in [0.29, 0.717) is 17.4 Å². The van der Waals surface area contributed by atoms with Crippen LogP contribution in [0.1, 0.15) is 52.4 Å². The van der Waals surface area contributed by atoms with Gasteiger partial charge in [0.2, 0.25) is 5.88 Å². The minimum absolute atomic E-state index is 0.0132. The average molecular weight is 531 g/mol. The van der Waals surface area contributed by atoms with E-state index in [-0.39, 0.29) is 22.3 Å². The Morgan fingerprint density at radius 2 is 1.61 bits per heavy atom. The van der Waals surface area contributed by atoms with Gasteiger partial charge in [-0.05, 0) is 73.7 Å². The topological polar surface area (TPSA) is 124 Å². The molecule has 9 heteroatoms. The molecule has 0 aliphatic carbocycles. The maximum absolute atomic E-state index is 13.3. The first-order valence-corrected chi connectivity index (χ1v) is 13.6. The van der Waals surface area contributed by atoms with Crippen molar-refractivity contribution < 1.29 is 17.9 Å². The average Bonchev–Trinajstić information content (AvgIpc) is 2.86. The van der Waals surface area contributed by atoms with Gasteiger partial charge in [-0.25, -0.2) is 14.7 Å². The van der Waals surface area contributed by atoms with Gasteiger partial charge in [0.1, 0.15) is 17.1 Å². The molecule has 0 aliphatic rings. The molecule has 2 aromatic carbocycles. The van der Waals surface area contributed by atoms with E-state index in [4.69, 9.17) is 10.5 Å². The van der Waals surface area contributed by atoms with Crippen LogP contribution in [0.15, 0.2) is 71.8 Å². The van der Waals surface area contributed by atoms with Gasteiger partial charge in [0.15, 0.2) is 5.03 Å². The predicted molar refractivity (Wildman–Crippen MR) is 148 cm³/mol. The largest absolute Gasteiger partial charge is 0.438 e. The summed E-state index contributed by atoms with van der Waals surface area (Å²) in [5, 5.41) is -0.367. The Kier molecular flexibility index (Phi) is 7.50. The zero-order valence-electron chi connectivity index (χ0n) is 21.9. The second-order valence-electron chi connectivity index (χ2n) is 9.49. The van der Waals surface area contributed by atoms with E-state index >= 15 is 0 Å². The van der Waals surface area contributed by atoms with Crippen molar-refractivity contribution in [3.63, 3.8) is 0 Å². The highest BCUT2D eigenvalue weighted by molar-refractivity contribution is 7.90. The molecule has 1 amide bonds. The van der Waals surface area contributed by atoms with E-state index in [1.807, 2.05) is 57.2 Å². The minimum Gasteiger partial charge on any atom is -0.438 e. The molecule has 3 N–H and O–H groups in total. The minimum atomic E-state index is -4.29. The summed E-state index contributed by atoms with van der Waals surface area (Å²) in [7, 11) is -4.29. The van der Waals surface area contributed by atoms with E-state index in [0.717, 1.165) is 27.8 Å². The summed E-state index contributed by atoms with van der Waals surface area (Å²) < 4.78 is 34.0. The second-order valence-corrected chi connectivity index (χ2v) is 11.1. The summed E-state index contributed by atoms with van der Waals surface area (Å²) in [6, 6.07) is 19.2. The number of carbonyl (C=O) groups is 1. The van der Waals surface area contributed by atoms with Gasteiger partial charge in [0, 0.05) is 5.56 Å². The Morgan fingerprint density at radius 3 is 2.26 bits per heavy atom. The number of hydrogen-bond donors (Lipinski definition) is 2. The Balaban J connectivity index is 1.79. The number of benzene rings is 2. The van der Waals surface area contributed by atoms with Crippen LogP contribution in [-0.4, -0.2) is 24.3 Å². The second kappa shape index (κ2) is 10.6. The van der Waals surface area contributed by atoms with Crippen LogP contribution in [0.4, 0.5) is 5.82 Å². The van der Waals surface area contributed by atoms with Gasteiger partial charge in [-0.3, -0.25) is 4.79 Å². The van der Waals surface area contributed by atoms with Crippen LogP contribution in [0.3, 0.4) is 0 Å². The third kappa shape index (κ3) is 5.84. The van der Waals surface area contributed by atoms with Crippen LogP contribution in [0, 0.1) is 20.8 Å². The molecule has 0 bridgehead atoms. The number of sulfonamides is 1. The molecule has 8 nitrogen and oxygen atoms in total. The van der Waals surface area contributed by atoms with Gasteiger partial charge in [-0.2, -0.15) is 8.42 Å². The number of ether oxygens (including phenoxy) is 1. The fraction of sp³-hybridized carbons (Fsp3) is 0.207. The zero-order chi connectivity index (χ0) is 27.6. The Hall–Kier alpha value is -4.24. The number of hydrogen-bond acceptors (Lipinski definition) is 7. The Bertz CT molecular complexity index is 1610. The third-order valence-corrected chi connectivity index (χ3v) is 7.24. The normalized spacial score (nSPS) is 11.4. The number of anilines is 1. The lowest BCUT2D eigenvalue weighted by Crippen LogP contribution is -2.31. The molecular weight excluding hydrogens is 500 g/mol. The fourth-order valence-corrected chi connectivity index (χ4v) is 5.09. The summed E-state index contributed by atoms with van der Waals surface area (Å²) in [5.74, 6) is -0.0308. The number of rotatable bonds is 7. The SMILES string of the molecule is Cc1cc(C)c(Oc2nc(-c3cccc(C(C)C)c3)ccc2C(=O)NS(=O)(=O)c2cccc(N)n2)c(C)c1. The number of nitrogens with one attached hydrogen (secondary N) is 1. The van der Waals surface area contributed by atoms with Gasteiger partial charge in [-0.1, -0.05) is 55.8 Å². The number of aryl methyl sites for hydroxylation is 3. The van der Waals surface area contributed by atoms with Crippen LogP contribution in [0.2, 0.25) is 0 Å². The van der Waals surface area contributed by atoms with E-state index in [9.17, 15) is 13.2 Å². The molecule has 196 valence electrons. The fourth-order valence-electron chi connectivity index (χ4n) is 4.14. The molecule has 4 rings (SSSR count). The maximum Gasteiger partial charge on any atom is 0.281 e. The van der Waals surface area contributed by atoms with Gasteiger partial charge in [0.05, 0.1) is 5.69 Å². The molecule has 4 aromatic rings. The van der Waals surface area contributed by atoms with Crippen LogP contribution in [0.25, 0.3) is 11.3 Å². The molecule has 0 saturated heterocycles. The van der Waals surface area contributed by atoms with Gasteiger partial charge >= 0.3 is 0 Å². The molecule has 0 fully saturated rings. The molecule has 2 heterocycles. The first-order chi connectivity index (χ1) is 17.9. The van der Waals surface area contributed by atoms with E-state index < -0.39 is 15.9 Å². The van der Waals surface area contributed by atoms with Crippen molar-refractivity contribution in [1.82, 2.24) is 14.7 Å². The zero-order valence-corrected chi connectivity index (χ0v) is 22.8. The molecular formula is C29H30N4O4S. The van der Waals surface area contributed by atoms with Gasteiger partial charge in [0.25, 0.3) is 15.9 Å². The lowest BCUT2D eigenvalue weighted by molar-refractivity contribution is 0.0978. The molecule has 0 radical (unpaired) electrons. The lowest BCUT2D eigenvalue weighted by atomic mass is 9.99. The number of nitrogen functional groups attached to an aromatic ring is 1. The van der Waals surface area contributed by atoms with Crippen molar-refractivity contribution >= 4 is 21.7 Å². The number of nitrogens with two attached hydrogens (primary N) is 1. The van der Waals surface area contributed by atoms with E-state index in [1.165, 1.54) is 24.3 Å². The number of pyridine rings is 2. The van der Waals surface area contributed by atoms with Crippen LogP contribution >= 0.6 is 0 Å². The predicted octanol–water partition coefficient (Wildman–Crippen LogP) is 5.69. The first kappa shape index (κ1) is 26.8. The van der Waals surface area contributed by atoms with Crippen molar-refractivity contribution in [1.29, 1.82) is 0 Å². The summed E-state index contributed by atoms with van der Waals surface area (Å²) in [6.45, 7) is 10.0. The van der Waals surface area contributed by atoms with Crippen molar-refractivity contribution in [2.75, 3.05) is 5.73 Å². The lowest BCUT2D eigenvalue weighted by Gasteiger charge is -2.16. The monoisotopic (exact) mass is 530 g/mol. The van der Waals surface area contributed by atoms with Crippen LogP contribution < -0.4 is 15.2 Å². The Labute approximate surface area is 223 Å². The third-order valence-electron chi connectivity index (χ3n) is 6.00. The first-order valence-electron chi connectivity index (χ1n) is 12.1. The Morgan fingerprint density at radius 1 is 0.921 bits per heavy atom. The van der Waals surface area contributed by atoms with E-state index in [2.05, 4.69) is 28.5 Å². The van der Waals surface area contributed by atoms with Crippen molar-refractivity contribution in [3.8, 4) is 22.9 Å². The smallest absolute Gasteiger partial charge is 0.281 e. The number of carbonyl (C=O) groups excluding carboxylic acids is 1. The van der Waals surface area contributed by atoms with Crippen molar-refractivity contribution in [3.05, 3.63) is 94.5 Å². The number of amides is 1. The van der Waals surface area contributed by atoms with Gasteiger partial charge < -0.3 is 10.5 Å². The highest BCUT2D eigenvalue weighted by Gasteiger charge is 2.25. The molecule has 0 unspecified atom stereocenters. The number of nitrogens with zero attached hydrogens (tertiary/aromatic N) is 2. The molecule has 0 aliphatic heterocycles. The highest BCUT2D eigenvalue weighted by atomic mass is 32.2. The summed E-state index contributed by atoms with van der Waals surface area (Å²) >= 11 is 0. The van der Waals surface area contributed by atoms with E-state index in [1.54, 1.807) is 6.07 Å². The molecule has 2 aromatic heterocycles. The summed E-state index contributed by atoms with van der Waals surface area (Å²) in [6.07, 6.45) is 0. The van der Waals surface area contributed by atoms with Crippen LogP contribution in [0.5, 0.6) is 11.6 Å². The molecule has 0 saturated carbocycles. The standard InChI is InChI=1S/C29H30N4O4S/c1-17(2)21-8-6-9-22(16-21)24-13-12-23(28(34)33-38(35,36)26-11-7-10-25(30)32-26)29(31-24)37-27-19(4)14-18(3)15-20(27)5/h6-17H,1-5H3,(H2,30,32)(H,33,34). The highest BCUT2D eigenvalue weighted by Crippen LogP contribution is 2.33.